The number of anilines is 1. The zero-order valence-electron chi connectivity index (χ0n) is 14.7. The summed E-state index contributed by atoms with van der Waals surface area (Å²) < 4.78 is 14.5. The molecule has 5 nitrogen and oxygen atoms in total. The van der Waals surface area contributed by atoms with Gasteiger partial charge >= 0.3 is 0 Å². The third-order valence-electron chi connectivity index (χ3n) is 5.05. The Labute approximate surface area is 143 Å². The van der Waals surface area contributed by atoms with Gasteiger partial charge in [0.1, 0.15) is 5.82 Å². The van der Waals surface area contributed by atoms with Gasteiger partial charge in [-0.1, -0.05) is 13.0 Å². The summed E-state index contributed by atoms with van der Waals surface area (Å²) in [6, 6.07) is 5.96. The molecule has 1 aliphatic carbocycles. The highest BCUT2D eigenvalue weighted by Gasteiger charge is 2.27. The Morgan fingerprint density at radius 2 is 2.00 bits per heavy atom. The van der Waals surface area contributed by atoms with Gasteiger partial charge in [-0.3, -0.25) is 0 Å². The summed E-state index contributed by atoms with van der Waals surface area (Å²) in [6.07, 6.45) is 2.36. The van der Waals surface area contributed by atoms with Crippen LogP contribution in [0.4, 0.5) is 10.1 Å². The van der Waals surface area contributed by atoms with Crippen LogP contribution in [0, 0.1) is 5.82 Å². The van der Waals surface area contributed by atoms with Gasteiger partial charge in [0.15, 0.2) is 5.96 Å². The third-order valence-corrected chi connectivity index (χ3v) is 5.05. The summed E-state index contributed by atoms with van der Waals surface area (Å²) in [5.41, 5.74) is 7.54. The molecule has 1 heterocycles. The van der Waals surface area contributed by atoms with Crippen LogP contribution in [0.2, 0.25) is 0 Å². The second-order valence-corrected chi connectivity index (χ2v) is 6.72. The Balaban J connectivity index is 1.61. The molecule has 0 bridgehead atoms. The molecule has 0 radical (unpaired) electrons. The van der Waals surface area contributed by atoms with E-state index in [1.807, 2.05) is 24.1 Å². The van der Waals surface area contributed by atoms with Crippen molar-refractivity contribution in [2.75, 3.05) is 44.7 Å². The van der Waals surface area contributed by atoms with Crippen molar-refractivity contribution in [1.29, 1.82) is 0 Å². The van der Waals surface area contributed by atoms with Crippen molar-refractivity contribution in [2.45, 2.75) is 32.4 Å². The fourth-order valence-corrected chi connectivity index (χ4v) is 3.14. The fourth-order valence-electron chi connectivity index (χ4n) is 3.14. The maximum Gasteiger partial charge on any atom is 0.191 e. The maximum atomic E-state index is 14.5. The molecule has 24 heavy (non-hydrogen) atoms. The number of piperazine rings is 1. The van der Waals surface area contributed by atoms with Crippen LogP contribution in [0.5, 0.6) is 0 Å². The average molecular weight is 333 g/mol. The number of aliphatic imine (C=N–C) groups is 1. The van der Waals surface area contributed by atoms with E-state index < -0.39 is 0 Å². The molecule has 0 atom stereocenters. The van der Waals surface area contributed by atoms with Crippen molar-refractivity contribution in [2.24, 2.45) is 10.7 Å². The molecule has 3 rings (SSSR count). The second kappa shape index (κ2) is 7.38. The highest BCUT2D eigenvalue weighted by molar-refractivity contribution is 5.78. The van der Waals surface area contributed by atoms with Crippen molar-refractivity contribution < 1.29 is 4.39 Å². The van der Waals surface area contributed by atoms with Gasteiger partial charge in [0.25, 0.3) is 0 Å². The molecule has 132 valence electrons. The lowest BCUT2D eigenvalue weighted by Gasteiger charge is -2.35. The van der Waals surface area contributed by atoms with Crippen molar-refractivity contribution in [1.82, 2.24) is 9.80 Å². The van der Waals surface area contributed by atoms with E-state index >= 15 is 0 Å². The van der Waals surface area contributed by atoms with E-state index in [1.165, 1.54) is 12.8 Å². The van der Waals surface area contributed by atoms with Gasteiger partial charge < -0.3 is 20.4 Å². The number of nitrogens with two attached hydrogens (primary N) is 1. The summed E-state index contributed by atoms with van der Waals surface area (Å²) in [5.74, 6) is 0.374. The lowest BCUT2D eigenvalue weighted by atomic mass is 10.1. The van der Waals surface area contributed by atoms with Crippen LogP contribution in [0.15, 0.2) is 23.2 Å². The number of rotatable bonds is 5. The topological polar surface area (TPSA) is 48.1 Å². The maximum absolute atomic E-state index is 14.5. The van der Waals surface area contributed by atoms with Crippen LogP contribution in [0.3, 0.4) is 0 Å². The van der Waals surface area contributed by atoms with Crippen LogP contribution in [0.1, 0.15) is 25.3 Å². The third kappa shape index (κ3) is 3.98. The normalized spacial score (nSPS) is 19.6. The zero-order valence-corrected chi connectivity index (χ0v) is 14.7. The first kappa shape index (κ1) is 17.0. The number of likely N-dealkylation sites (N-methyl/N-ethyl adjacent to an activating group) is 1. The predicted octanol–water partition coefficient (Wildman–Crippen LogP) is 1.88. The smallest absolute Gasteiger partial charge is 0.191 e. The van der Waals surface area contributed by atoms with Crippen molar-refractivity contribution >= 4 is 11.6 Å². The molecular formula is C18H28FN5. The fraction of sp³-hybridized carbons (Fsp3) is 0.611. The lowest BCUT2D eigenvalue weighted by Crippen LogP contribution is -2.46. The molecule has 1 saturated carbocycles. The molecule has 2 N–H and O–H groups in total. The van der Waals surface area contributed by atoms with Gasteiger partial charge in [-0.05, 0) is 37.1 Å². The quantitative estimate of drug-likeness (QED) is 0.660. The Bertz CT molecular complexity index is 591. The van der Waals surface area contributed by atoms with Gasteiger partial charge in [-0.2, -0.15) is 0 Å². The van der Waals surface area contributed by atoms with Gasteiger partial charge in [-0.15, -0.1) is 0 Å². The largest absolute Gasteiger partial charge is 0.370 e. The Morgan fingerprint density at radius 1 is 1.29 bits per heavy atom. The number of guanidine groups is 1. The molecule has 2 aliphatic rings. The van der Waals surface area contributed by atoms with E-state index in [0.29, 0.717) is 24.2 Å². The van der Waals surface area contributed by atoms with Crippen LogP contribution >= 0.6 is 0 Å². The van der Waals surface area contributed by atoms with Gasteiger partial charge in [0, 0.05) is 39.3 Å². The predicted molar refractivity (Wildman–Crippen MR) is 96.8 cm³/mol. The SMILES string of the molecule is CCN1CCN(c2ccc(CN=C(N)N(C)C3CC3)cc2F)CC1. The molecule has 1 aromatic carbocycles. The van der Waals surface area contributed by atoms with Crippen LogP contribution in [-0.2, 0) is 6.54 Å². The van der Waals surface area contributed by atoms with E-state index in [4.69, 9.17) is 5.73 Å². The second-order valence-electron chi connectivity index (χ2n) is 6.72. The highest BCUT2D eigenvalue weighted by Crippen LogP contribution is 2.25. The van der Waals surface area contributed by atoms with Gasteiger partial charge in [-0.25, -0.2) is 9.38 Å². The highest BCUT2D eigenvalue weighted by atomic mass is 19.1. The summed E-state index contributed by atoms with van der Waals surface area (Å²) in [5, 5.41) is 0. The Hall–Kier alpha value is -1.82. The van der Waals surface area contributed by atoms with Crippen LogP contribution < -0.4 is 10.6 Å². The minimum atomic E-state index is -0.165. The van der Waals surface area contributed by atoms with E-state index in [1.54, 1.807) is 6.07 Å². The molecule has 1 aromatic rings. The minimum Gasteiger partial charge on any atom is -0.370 e. The van der Waals surface area contributed by atoms with Gasteiger partial charge in [0.05, 0.1) is 12.2 Å². The van der Waals surface area contributed by atoms with Crippen molar-refractivity contribution in [3.63, 3.8) is 0 Å². The van der Waals surface area contributed by atoms with Crippen LogP contribution in [-0.4, -0.2) is 61.6 Å². The van der Waals surface area contributed by atoms with E-state index in [0.717, 1.165) is 38.3 Å². The summed E-state index contributed by atoms with van der Waals surface area (Å²) in [7, 11) is 1.97. The van der Waals surface area contributed by atoms with E-state index in [-0.39, 0.29) is 5.82 Å². The molecule has 0 amide bonds. The standard InChI is InChI=1S/C18H28FN5/c1-3-23-8-10-24(11-9-23)17-7-4-14(12-16(17)19)13-21-18(20)22(2)15-5-6-15/h4,7,12,15H,3,5-6,8-11,13H2,1-2H3,(H2,20,21). The monoisotopic (exact) mass is 333 g/mol. The minimum absolute atomic E-state index is 0.165. The molecule has 0 spiro atoms. The molecule has 2 fully saturated rings. The first-order valence-electron chi connectivity index (χ1n) is 8.87. The molecule has 0 unspecified atom stereocenters. The number of hydrogen-bond donors (Lipinski definition) is 1. The number of hydrogen-bond acceptors (Lipinski definition) is 3. The Kier molecular flexibility index (Phi) is 5.23. The lowest BCUT2D eigenvalue weighted by molar-refractivity contribution is 0.270. The molecule has 0 aromatic heterocycles. The summed E-state index contributed by atoms with van der Waals surface area (Å²) >= 11 is 0. The number of nitrogens with zero attached hydrogens (tertiary/aromatic N) is 4. The van der Waals surface area contributed by atoms with Crippen molar-refractivity contribution in [3.8, 4) is 0 Å². The zero-order chi connectivity index (χ0) is 17.1. The van der Waals surface area contributed by atoms with Crippen LogP contribution in [0.25, 0.3) is 0 Å². The molecular weight excluding hydrogens is 305 g/mol. The molecule has 6 heteroatoms. The first-order chi connectivity index (χ1) is 11.6. The summed E-state index contributed by atoms with van der Waals surface area (Å²) in [6.45, 7) is 7.38. The average Bonchev–Trinajstić information content (AvgIpc) is 3.44. The van der Waals surface area contributed by atoms with Gasteiger partial charge in [0.2, 0.25) is 0 Å². The van der Waals surface area contributed by atoms with Crippen molar-refractivity contribution in [3.05, 3.63) is 29.6 Å². The Morgan fingerprint density at radius 3 is 2.58 bits per heavy atom. The first-order valence-corrected chi connectivity index (χ1v) is 8.87. The number of benzene rings is 1. The molecule has 1 aliphatic heterocycles. The van der Waals surface area contributed by atoms with E-state index in [9.17, 15) is 4.39 Å². The number of halogens is 1. The van der Waals surface area contributed by atoms with E-state index in [2.05, 4.69) is 21.7 Å². The molecule has 1 saturated heterocycles. The summed E-state index contributed by atoms with van der Waals surface area (Å²) in [4.78, 5) is 10.9.